The molecule has 10 heteroatoms. The number of nitrogens with one attached hydrogen (secondary N) is 2. The maximum absolute atomic E-state index is 12.5. The van der Waals surface area contributed by atoms with Crippen molar-refractivity contribution in [1.82, 2.24) is 20.4 Å². The maximum atomic E-state index is 12.5. The molecule has 0 saturated carbocycles. The van der Waals surface area contributed by atoms with Gasteiger partial charge in [0, 0.05) is 37.6 Å². The number of halogens is 4. The number of rotatable bonds is 8. The van der Waals surface area contributed by atoms with Crippen LogP contribution in [-0.4, -0.2) is 35.2 Å². The molecule has 1 atom stereocenters. The highest BCUT2D eigenvalue weighted by Gasteiger charge is 2.31. The molecule has 1 aromatic carbocycles. The predicted molar refractivity (Wildman–Crippen MR) is 113 cm³/mol. The molecule has 0 aliphatic heterocycles. The number of benzene rings is 1. The number of para-hydroxylation sites is 1. The van der Waals surface area contributed by atoms with Crippen LogP contribution in [-0.2, 0) is 13.1 Å². The SMILES string of the molecule is CCNC(=NCc1ccccc1OC(F)(F)F)NCC(C)Cn1cccn1.I. The maximum Gasteiger partial charge on any atom is 0.573 e. The summed E-state index contributed by atoms with van der Waals surface area (Å²) in [6, 6.07) is 7.86. The van der Waals surface area contributed by atoms with Crippen LogP contribution in [0.3, 0.4) is 0 Å². The van der Waals surface area contributed by atoms with E-state index in [9.17, 15) is 13.2 Å². The Morgan fingerprint density at radius 3 is 2.64 bits per heavy atom. The number of alkyl halides is 3. The monoisotopic (exact) mass is 511 g/mol. The number of nitrogens with zero attached hydrogens (tertiary/aromatic N) is 3. The highest BCUT2D eigenvalue weighted by molar-refractivity contribution is 14.0. The average molecular weight is 511 g/mol. The summed E-state index contributed by atoms with van der Waals surface area (Å²) < 4.78 is 43.5. The van der Waals surface area contributed by atoms with E-state index in [1.54, 1.807) is 18.3 Å². The zero-order valence-electron chi connectivity index (χ0n) is 15.7. The van der Waals surface area contributed by atoms with Gasteiger partial charge < -0.3 is 15.4 Å². The van der Waals surface area contributed by atoms with Crippen molar-refractivity contribution in [3.05, 3.63) is 48.3 Å². The summed E-state index contributed by atoms with van der Waals surface area (Å²) >= 11 is 0. The Labute approximate surface area is 179 Å². The largest absolute Gasteiger partial charge is 0.573 e. The Balaban J connectivity index is 0.00000392. The molecule has 156 valence electrons. The van der Waals surface area contributed by atoms with E-state index in [0.717, 1.165) is 6.54 Å². The topological polar surface area (TPSA) is 63.5 Å². The molecular weight excluding hydrogens is 486 g/mol. The minimum atomic E-state index is -4.73. The van der Waals surface area contributed by atoms with E-state index in [1.807, 2.05) is 23.9 Å². The number of ether oxygens (including phenoxy) is 1. The molecule has 2 N–H and O–H groups in total. The normalized spacial score (nSPS) is 12.8. The van der Waals surface area contributed by atoms with Crippen LogP contribution in [0.2, 0.25) is 0 Å². The molecule has 1 unspecified atom stereocenters. The number of hydrogen-bond donors (Lipinski definition) is 2. The molecule has 0 aliphatic carbocycles. The van der Waals surface area contributed by atoms with Crippen LogP contribution in [0, 0.1) is 5.92 Å². The fourth-order valence-electron chi connectivity index (χ4n) is 2.43. The molecule has 0 radical (unpaired) electrons. The fraction of sp³-hybridized carbons (Fsp3) is 0.444. The average Bonchev–Trinajstić information content (AvgIpc) is 3.10. The summed E-state index contributed by atoms with van der Waals surface area (Å²) in [7, 11) is 0. The third kappa shape index (κ3) is 8.81. The first-order valence-electron chi connectivity index (χ1n) is 8.70. The summed E-state index contributed by atoms with van der Waals surface area (Å²) in [6.45, 7) is 6.10. The summed E-state index contributed by atoms with van der Waals surface area (Å²) in [5.41, 5.74) is 0.358. The van der Waals surface area contributed by atoms with Crippen molar-refractivity contribution in [2.45, 2.75) is 33.3 Å². The molecule has 0 aliphatic rings. The van der Waals surface area contributed by atoms with Gasteiger partial charge in [-0.2, -0.15) is 5.10 Å². The van der Waals surface area contributed by atoms with E-state index < -0.39 is 6.36 Å². The smallest absolute Gasteiger partial charge is 0.405 e. The van der Waals surface area contributed by atoms with E-state index in [2.05, 4.69) is 32.4 Å². The second-order valence-corrected chi connectivity index (χ2v) is 6.06. The first kappa shape index (κ1) is 24.1. The van der Waals surface area contributed by atoms with Crippen LogP contribution in [0.25, 0.3) is 0 Å². The Morgan fingerprint density at radius 2 is 2.00 bits per heavy atom. The van der Waals surface area contributed by atoms with Gasteiger partial charge in [0.2, 0.25) is 0 Å². The first-order valence-corrected chi connectivity index (χ1v) is 8.70. The third-order valence-electron chi connectivity index (χ3n) is 3.63. The van der Waals surface area contributed by atoms with Crippen molar-refractivity contribution in [3.8, 4) is 5.75 Å². The van der Waals surface area contributed by atoms with E-state index in [4.69, 9.17) is 0 Å². The molecule has 1 aromatic heterocycles. The van der Waals surface area contributed by atoms with E-state index in [-0.39, 0.29) is 42.2 Å². The van der Waals surface area contributed by atoms with E-state index >= 15 is 0 Å². The van der Waals surface area contributed by atoms with Crippen LogP contribution in [0.15, 0.2) is 47.7 Å². The minimum absolute atomic E-state index is 0. The van der Waals surface area contributed by atoms with Gasteiger partial charge in [0.05, 0.1) is 6.54 Å². The van der Waals surface area contributed by atoms with Crippen LogP contribution in [0.4, 0.5) is 13.2 Å². The van der Waals surface area contributed by atoms with Crippen molar-refractivity contribution in [2.24, 2.45) is 10.9 Å². The Morgan fingerprint density at radius 1 is 1.25 bits per heavy atom. The van der Waals surface area contributed by atoms with Gasteiger partial charge in [0.15, 0.2) is 5.96 Å². The second kappa shape index (κ2) is 11.8. The van der Waals surface area contributed by atoms with E-state index in [1.165, 1.54) is 12.1 Å². The molecule has 0 amide bonds. The van der Waals surface area contributed by atoms with Gasteiger partial charge in [0.1, 0.15) is 5.75 Å². The summed E-state index contributed by atoms with van der Waals surface area (Å²) in [4.78, 5) is 4.37. The lowest BCUT2D eigenvalue weighted by Crippen LogP contribution is -2.40. The summed E-state index contributed by atoms with van der Waals surface area (Å²) in [6.07, 6.45) is -1.11. The molecule has 0 saturated heterocycles. The van der Waals surface area contributed by atoms with Crippen LogP contribution >= 0.6 is 24.0 Å². The Hall–Kier alpha value is -1.98. The third-order valence-corrected chi connectivity index (χ3v) is 3.63. The first-order chi connectivity index (χ1) is 12.9. The molecule has 0 spiro atoms. The van der Waals surface area contributed by atoms with Gasteiger partial charge in [-0.05, 0) is 25.0 Å². The lowest BCUT2D eigenvalue weighted by Gasteiger charge is -2.16. The summed E-state index contributed by atoms with van der Waals surface area (Å²) in [5.74, 6) is 0.581. The number of aliphatic imine (C=N–C) groups is 1. The highest BCUT2D eigenvalue weighted by Crippen LogP contribution is 2.26. The number of aromatic nitrogens is 2. The van der Waals surface area contributed by atoms with Gasteiger partial charge in [-0.1, -0.05) is 25.1 Å². The molecule has 6 nitrogen and oxygen atoms in total. The van der Waals surface area contributed by atoms with Crippen molar-refractivity contribution in [1.29, 1.82) is 0 Å². The molecule has 0 fully saturated rings. The predicted octanol–water partition coefficient (Wildman–Crippen LogP) is 3.79. The van der Waals surface area contributed by atoms with Crippen LogP contribution < -0.4 is 15.4 Å². The van der Waals surface area contributed by atoms with Crippen molar-refractivity contribution < 1.29 is 17.9 Å². The molecule has 0 bridgehead atoms. The zero-order chi connectivity index (χ0) is 19.7. The van der Waals surface area contributed by atoms with Crippen LogP contribution in [0.5, 0.6) is 5.75 Å². The quantitative estimate of drug-likeness (QED) is 0.322. The Kier molecular flexibility index (Phi) is 10.1. The van der Waals surface area contributed by atoms with Gasteiger partial charge in [-0.15, -0.1) is 37.1 Å². The lowest BCUT2D eigenvalue weighted by molar-refractivity contribution is -0.274. The van der Waals surface area contributed by atoms with Crippen molar-refractivity contribution in [3.63, 3.8) is 0 Å². The number of guanidine groups is 1. The molecular formula is C18H25F3IN5O. The van der Waals surface area contributed by atoms with Crippen molar-refractivity contribution >= 4 is 29.9 Å². The van der Waals surface area contributed by atoms with Crippen molar-refractivity contribution in [2.75, 3.05) is 13.1 Å². The van der Waals surface area contributed by atoms with E-state index in [0.29, 0.717) is 24.6 Å². The van der Waals surface area contributed by atoms with Gasteiger partial charge >= 0.3 is 6.36 Å². The van der Waals surface area contributed by atoms with Gasteiger partial charge in [-0.25, -0.2) is 4.99 Å². The molecule has 1 heterocycles. The Bertz CT molecular complexity index is 722. The van der Waals surface area contributed by atoms with Gasteiger partial charge in [0.25, 0.3) is 0 Å². The molecule has 2 rings (SSSR count). The summed E-state index contributed by atoms with van der Waals surface area (Å²) in [5, 5.41) is 10.5. The minimum Gasteiger partial charge on any atom is -0.405 e. The fourth-order valence-corrected chi connectivity index (χ4v) is 2.43. The standard InChI is InChI=1S/C18H24F3N5O.HI/c1-3-22-17(23-11-14(2)13-26-10-6-9-25-26)24-12-15-7-4-5-8-16(15)27-18(19,20)21;/h4-10,14H,3,11-13H2,1-2H3,(H2,22,23,24);1H. The van der Waals surface area contributed by atoms with Gasteiger partial charge in [-0.3, -0.25) is 4.68 Å². The zero-order valence-corrected chi connectivity index (χ0v) is 18.1. The highest BCUT2D eigenvalue weighted by atomic mass is 127. The molecule has 28 heavy (non-hydrogen) atoms. The molecule has 2 aromatic rings. The number of hydrogen-bond acceptors (Lipinski definition) is 3. The second-order valence-electron chi connectivity index (χ2n) is 6.06. The lowest BCUT2D eigenvalue weighted by atomic mass is 10.2. The van der Waals surface area contributed by atoms with Crippen LogP contribution in [0.1, 0.15) is 19.4 Å².